The zero-order chi connectivity index (χ0) is 13.8. The van der Waals surface area contributed by atoms with Crippen molar-refractivity contribution in [3.05, 3.63) is 28.2 Å². The first-order valence-corrected chi connectivity index (χ1v) is 8.29. The molecular weight excluding hydrogens is 297 g/mol. The summed E-state index contributed by atoms with van der Waals surface area (Å²) in [5.41, 5.74) is 0. The summed E-state index contributed by atoms with van der Waals surface area (Å²) >= 11 is 14.0. The predicted molar refractivity (Wildman–Crippen MR) is 82.8 cm³/mol. The van der Waals surface area contributed by atoms with Gasteiger partial charge in [0, 0.05) is 15.2 Å². The Morgan fingerprint density at radius 2 is 2.16 bits per heavy atom. The molecule has 1 aromatic rings. The van der Waals surface area contributed by atoms with Gasteiger partial charge in [0.2, 0.25) is 0 Å². The van der Waals surface area contributed by atoms with E-state index in [1.54, 1.807) is 17.8 Å². The van der Waals surface area contributed by atoms with Crippen molar-refractivity contribution in [3.8, 4) is 6.07 Å². The molecule has 0 spiro atoms. The maximum atomic E-state index is 9.30. The van der Waals surface area contributed by atoms with Crippen LogP contribution in [0.5, 0.6) is 0 Å². The second-order valence-corrected chi connectivity index (χ2v) is 7.18. The van der Waals surface area contributed by atoms with Crippen molar-refractivity contribution in [2.75, 3.05) is 0 Å². The molecule has 3 unspecified atom stereocenters. The van der Waals surface area contributed by atoms with Crippen LogP contribution in [0.25, 0.3) is 0 Å². The van der Waals surface area contributed by atoms with E-state index in [9.17, 15) is 5.26 Å². The second kappa shape index (κ2) is 6.88. The SMILES string of the molecule is CCC1CCC(C#N)C(Sc2cc(Cl)ccc2Cl)C1. The van der Waals surface area contributed by atoms with Crippen LogP contribution in [-0.4, -0.2) is 5.25 Å². The molecule has 102 valence electrons. The van der Waals surface area contributed by atoms with Crippen LogP contribution in [-0.2, 0) is 0 Å². The summed E-state index contributed by atoms with van der Waals surface area (Å²) in [7, 11) is 0. The smallest absolute Gasteiger partial charge is 0.0667 e. The number of nitrogens with zero attached hydrogens (tertiary/aromatic N) is 1. The van der Waals surface area contributed by atoms with E-state index in [4.69, 9.17) is 23.2 Å². The van der Waals surface area contributed by atoms with Crippen LogP contribution in [0, 0.1) is 23.2 Å². The minimum absolute atomic E-state index is 0.128. The molecule has 19 heavy (non-hydrogen) atoms. The number of benzene rings is 1. The fraction of sp³-hybridized carbons (Fsp3) is 0.533. The van der Waals surface area contributed by atoms with Crippen LogP contribution in [0.1, 0.15) is 32.6 Å². The summed E-state index contributed by atoms with van der Waals surface area (Å²) in [5.74, 6) is 0.864. The Bertz CT molecular complexity index is 484. The maximum Gasteiger partial charge on any atom is 0.0667 e. The van der Waals surface area contributed by atoms with E-state index in [0.717, 1.165) is 28.7 Å². The van der Waals surface area contributed by atoms with Crippen molar-refractivity contribution < 1.29 is 0 Å². The van der Waals surface area contributed by atoms with Crippen molar-refractivity contribution in [2.24, 2.45) is 11.8 Å². The van der Waals surface area contributed by atoms with Crippen molar-refractivity contribution in [1.82, 2.24) is 0 Å². The summed E-state index contributed by atoms with van der Waals surface area (Å²) in [5, 5.41) is 11.1. The van der Waals surface area contributed by atoms with Crippen molar-refractivity contribution in [3.63, 3.8) is 0 Å². The standard InChI is InChI=1S/C15H17Cl2NS/c1-2-10-3-4-11(9-18)14(7-10)19-15-8-12(16)5-6-13(15)17/h5-6,8,10-11,14H,2-4,7H2,1H3. The second-order valence-electron chi connectivity index (χ2n) is 5.05. The maximum absolute atomic E-state index is 9.30. The van der Waals surface area contributed by atoms with Crippen molar-refractivity contribution in [2.45, 2.75) is 42.8 Å². The molecule has 1 nitrogen and oxygen atoms in total. The van der Waals surface area contributed by atoms with Gasteiger partial charge in [-0.2, -0.15) is 5.26 Å². The Hall–Kier alpha value is -0.360. The van der Waals surface area contributed by atoms with Gasteiger partial charge in [-0.3, -0.25) is 0 Å². The number of halogens is 2. The Kier molecular flexibility index (Phi) is 5.45. The first-order chi connectivity index (χ1) is 9.13. The summed E-state index contributed by atoms with van der Waals surface area (Å²) in [6.07, 6.45) is 4.47. The normalized spacial score (nSPS) is 26.9. The first-order valence-electron chi connectivity index (χ1n) is 6.65. The minimum Gasteiger partial charge on any atom is -0.198 e. The molecule has 1 fully saturated rings. The van der Waals surface area contributed by atoms with E-state index in [1.807, 2.05) is 12.1 Å². The molecule has 0 saturated heterocycles. The van der Waals surface area contributed by atoms with Gasteiger partial charge in [0.15, 0.2) is 0 Å². The van der Waals surface area contributed by atoms with E-state index in [2.05, 4.69) is 13.0 Å². The number of nitriles is 1. The zero-order valence-corrected chi connectivity index (χ0v) is 13.2. The number of rotatable bonds is 3. The third-order valence-electron chi connectivity index (χ3n) is 3.82. The van der Waals surface area contributed by atoms with E-state index in [-0.39, 0.29) is 5.92 Å². The minimum atomic E-state index is 0.128. The Morgan fingerprint density at radius 3 is 2.84 bits per heavy atom. The van der Waals surface area contributed by atoms with Gasteiger partial charge >= 0.3 is 0 Å². The van der Waals surface area contributed by atoms with E-state index in [1.165, 1.54) is 12.8 Å². The lowest BCUT2D eigenvalue weighted by Gasteiger charge is -2.32. The largest absolute Gasteiger partial charge is 0.198 e. The molecule has 3 atom stereocenters. The van der Waals surface area contributed by atoms with Gasteiger partial charge in [-0.05, 0) is 43.4 Å². The van der Waals surface area contributed by atoms with Gasteiger partial charge in [0.1, 0.15) is 0 Å². The van der Waals surface area contributed by atoms with Crippen LogP contribution < -0.4 is 0 Å². The molecule has 0 bridgehead atoms. The lowest BCUT2D eigenvalue weighted by atomic mass is 9.81. The molecule has 1 aromatic carbocycles. The monoisotopic (exact) mass is 313 g/mol. The summed E-state index contributed by atoms with van der Waals surface area (Å²) in [6.45, 7) is 2.23. The molecule has 0 amide bonds. The fourth-order valence-corrected chi connectivity index (χ4v) is 4.51. The molecule has 0 heterocycles. The van der Waals surface area contributed by atoms with Crippen LogP contribution in [0.15, 0.2) is 23.1 Å². The van der Waals surface area contributed by atoms with Crippen LogP contribution in [0.4, 0.5) is 0 Å². The summed E-state index contributed by atoms with van der Waals surface area (Å²) < 4.78 is 0. The third kappa shape index (κ3) is 3.81. The molecule has 1 saturated carbocycles. The van der Waals surface area contributed by atoms with Crippen LogP contribution in [0.2, 0.25) is 10.0 Å². The topological polar surface area (TPSA) is 23.8 Å². The average molecular weight is 314 g/mol. The van der Waals surface area contributed by atoms with Gasteiger partial charge in [-0.1, -0.05) is 36.5 Å². The lowest BCUT2D eigenvalue weighted by Crippen LogP contribution is -2.25. The van der Waals surface area contributed by atoms with Gasteiger partial charge in [0.25, 0.3) is 0 Å². The van der Waals surface area contributed by atoms with Gasteiger partial charge in [-0.15, -0.1) is 11.8 Å². The molecule has 4 heteroatoms. The molecule has 0 aromatic heterocycles. The molecule has 0 radical (unpaired) electrons. The van der Waals surface area contributed by atoms with E-state index >= 15 is 0 Å². The van der Waals surface area contributed by atoms with Crippen molar-refractivity contribution in [1.29, 1.82) is 5.26 Å². The number of hydrogen-bond donors (Lipinski definition) is 0. The van der Waals surface area contributed by atoms with Crippen LogP contribution in [0.3, 0.4) is 0 Å². The Morgan fingerprint density at radius 1 is 1.37 bits per heavy atom. The number of thioether (sulfide) groups is 1. The van der Waals surface area contributed by atoms with Crippen LogP contribution >= 0.6 is 35.0 Å². The highest BCUT2D eigenvalue weighted by molar-refractivity contribution is 8.00. The molecule has 1 aliphatic rings. The molecule has 0 N–H and O–H groups in total. The average Bonchev–Trinajstić information content (AvgIpc) is 2.42. The lowest BCUT2D eigenvalue weighted by molar-refractivity contribution is 0.317. The van der Waals surface area contributed by atoms with Gasteiger partial charge in [-0.25, -0.2) is 0 Å². The number of hydrogen-bond acceptors (Lipinski definition) is 2. The van der Waals surface area contributed by atoms with Crippen molar-refractivity contribution >= 4 is 35.0 Å². The highest BCUT2D eigenvalue weighted by Crippen LogP contribution is 2.43. The van der Waals surface area contributed by atoms with E-state index in [0.29, 0.717) is 10.3 Å². The highest BCUT2D eigenvalue weighted by Gasteiger charge is 2.30. The first kappa shape index (κ1) is 15.0. The van der Waals surface area contributed by atoms with Gasteiger partial charge in [0.05, 0.1) is 17.0 Å². The molecular formula is C15H17Cl2NS. The summed E-state index contributed by atoms with van der Waals surface area (Å²) in [6, 6.07) is 7.98. The summed E-state index contributed by atoms with van der Waals surface area (Å²) in [4.78, 5) is 0.996. The predicted octanol–water partition coefficient (Wildman–Crippen LogP) is 5.80. The Balaban J connectivity index is 2.14. The molecule has 0 aliphatic heterocycles. The van der Waals surface area contributed by atoms with Gasteiger partial charge < -0.3 is 0 Å². The Labute approximate surface area is 129 Å². The molecule has 2 rings (SSSR count). The molecule has 1 aliphatic carbocycles. The zero-order valence-electron chi connectivity index (χ0n) is 10.9. The highest BCUT2D eigenvalue weighted by atomic mass is 35.5. The third-order valence-corrected chi connectivity index (χ3v) is 5.91. The fourth-order valence-electron chi connectivity index (χ4n) is 2.59. The quantitative estimate of drug-likeness (QED) is 0.703. The van der Waals surface area contributed by atoms with E-state index < -0.39 is 0 Å².